The first-order chi connectivity index (χ1) is 9.07. The molecule has 110 valence electrons. The Hall–Kier alpha value is -1.32. The predicted molar refractivity (Wildman–Crippen MR) is 77.0 cm³/mol. The standard InChI is InChI=1S/C15H27NO3/c1-3-14(17)16(2)13-11-9-7-5-4-6-8-10-12-15(18)19/h3H,1,4-13H2,2H3,(H,18,19). The fraction of sp³-hybridized carbons (Fsp3) is 0.733. The molecular weight excluding hydrogens is 242 g/mol. The van der Waals surface area contributed by atoms with Crippen molar-refractivity contribution in [2.45, 2.75) is 57.8 Å². The highest BCUT2D eigenvalue weighted by Crippen LogP contribution is 2.10. The molecule has 0 spiro atoms. The Balaban J connectivity index is 3.21. The van der Waals surface area contributed by atoms with E-state index in [0.717, 1.165) is 38.6 Å². The first-order valence-corrected chi connectivity index (χ1v) is 7.17. The van der Waals surface area contributed by atoms with Crippen molar-refractivity contribution in [2.75, 3.05) is 13.6 Å². The number of carbonyl (C=O) groups excluding carboxylic acids is 1. The third-order valence-electron chi connectivity index (χ3n) is 3.19. The van der Waals surface area contributed by atoms with Crippen molar-refractivity contribution in [3.8, 4) is 0 Å². The number of hydrogen-bond donors (Lipinski definition) is 1. The Morgan fingerprint density at radius 2 is 1.47 bits per heavy atom. The molecule has 0 fully saturated rings. The van der Waals surface area contributed by atoms with Gasteiger partial charge >= 0.3 is 5.97 Å². The molecule has 0 aliphatic rings. The molecule has 19 heavy (non-hydrogen) atoms. The molecule has 0 heterocycles. The lowest BCUT2D eigenvalue weighted by Crippen LogP contribution is -2.25. The summed E-state index contributed by atoms with van der Waals surface area (Å²) in [4.78, 5) is 23.2. The number of rotatable bonds is 12. The third-order valence-corrected chi connectivity index (χ3v) is 3.19. The minimum Gasteiger partial charge on any atom is -0.481 e. The molecule has 0 unspecified atom stereocenters. The minimum atomic E-state index is -0.696. The van der Waals surface area contributed by atoms with Crippen molar-refractivity contribution in [1.29, 1.82) is 0 Å². The second-order valence-corrected chi connectivity index (χ2v) is 4.94. The molecular formula is C15H27NO3. The van der Waals surface area contributed by atoms with Crippen molar-refractivity contribution < 1.29 is 14.7 Å². The van der Waals surface area contributed by atoms with E-state index in [4.69, 9.17) is 5.11 Å². The lowest BCUT2D eigenvalue weighted by atomic mass is 10.1. The van der Waals surface area contributed by atoms with Gasteiger partial charge in [0.2, 0.25) is 5.91 Å². The van der Waals surface area contributed by atoms with Crippen LogP contribution in [0.25, 0.3) is 0 Å². The van der Waals surface area contributed by atoms with E-state index in [1.807, 2.05) is 0 Å². The molecule has 0 aromatic carbocycles. The highest BCUT2D eigenvalue weighted by molar-refractivity contribution is 5.86. The van der Waals surface area contributed by atoms with Gasteiger partial charge in [-0.2, -0.15) is 0 Å². The maximum atomic E-state index is 11.2. The Bertz CT molecular complexity index is 277. The average Bonchev–Trinajstić information content (AvgIpc) is 2.39. The summed E-state index contributed by atoms with van der Waals surface area (Å²) in [6, 6.07) is 0. The van der Waals surface area contributed by atoms with E-state index >= 15 is 0 Å². The number of likely N-dealkylation sites (N-methyl/N-ethyl adjacent to an activating group) is 1. The lowest BCUT2D eigenvalue weighted by molar-refractivity contribution is -0.137. The number of amides is 1. The van der Waals surface area contributed by atoms with Crippen molar-refractivity contribution in [3.05, 3.63) is 12.7 Å². The van der Waals surface area contributed by atoms with Crippen LogP contribution in [0.2, 0.25) is 0 Å². The van der Waals surface area contributed by atoms with Gasteiger partial charge in [-0.05, 0) is 18.9 Å². The van der Waals surface area contributed by atoms with Crippen molar-refractivity contribution in [1.82, 2.24) is 4.90 Å². The Kier molecular flexibility index (Phi) is 10.9. The fourth-order valence-corrected chi connectivity index (χ4v) is 1.95. The van der Waals surface area contributed by atoms with Gasteiger partial charge in [0, 0.05) is 20.0 Å². The summed E-state index contributed by atoms with van der Waals surface area (Å²) < 4.78 is 0. The Labute approximate surface area is 116 Å². The molecule has 0 bridgehead atoms. The van der Waals surface area contributed by atoms with E-state index in [0.29, 0.717) is 6.42 Å². The molecule has 0 radical (unpaired) electrons. The molecule has 0 aliphatic heterocycles. The number of carboxylic acid groups (broad SMARTS) is 1. The summed E-state index contributed by atoms with van der Waals surface area (Å²) in [5.41, 5.74) is 0. The van der Waals surface area contributed by atoms with Crippen LogP contribution in [0.15, 0.2) is 12.7 Å². The van der Waals surface area contributed by atoms with Crippen molar-refractivity contribution in [3.63, 3.8) is 0 Å². The van der Waals surface area contributed by atoms with E-state index in [9.17, 15) is 9.59 Å². The molecule has 0 rings (SSSR count). The summed E-state index contributed by atoms with van der Waals surface area (Å²) >= 11 is 0. The highest BCUT2D eigenvalue weighted by atomic mass is 16.4. The quantitative estimate of drug-likeness (QED) is 0.437. The Morgan fingerprint density at radius 3 is 1.95 bits per heavy atom. The van der Waals surface area contributed by atoms with Crippen LogP contribution in [0.4, 0.5) is 0 Å². The molecule has 0 saturated carbocycles. The molecule has 4 nitrogen and oxygen atoms in total. The number of carbonyl (C=O) groups is 2. The van der Waals surface area contributed by atoms with Gasteiger partial charge in [0.1, 0.15) is 0 Å². The average molecular weight is 269 g/mol. The molecule has 0 aliphatic carbocycles. The van der Waals surface area contributed by atoms with Crippen LogP contribution < -0.4 is 0 Å². The van der Waals surface area contributed by atoms with Crippen LogP contribution >= 0.6 is 0 Å². The topological polar surface area (TPSA) is 57.6 Å². The van der Waals surface area contributed by atoms with Crippen LogP contribution in [0.5, 0.6) is 0 Å². The first kappa shape index (κ1) is 17.7. The predicted octanol–water partition coefficient (Wildman–Crippen LogP) is 3.23. The highest BCUT2D eigenvalue weighted by Gasteiger charge is 2.02. The van der Waals surface area contributed by atoms with E-state index in [2.05, 4.69) is 6.58 Å². The second-order valence-electron chi connectivity index (χ2n) is 4.94. The zero-order valence-corrected chi connectivity index (χ0v) is 12.1. The van der Waals surface area contributed by atoms with Crippen LogP contribution in [0, 0.1) is 0 Å². The van der Waals surface area contributed by atoms with Crippen LogP contribution in [0.3, 0.4) is 0 Å². The van der Waals surface area contributed by atoms with E-state index in [-0.39, 0.29) is 5.91 Å². The van der Waals surface area contributed by atoms with Gasteiger partial charge in [-0.15, -0.1) is 0 Å². The van der Waals surface area contributed by atoms with Gasteiger partial charge < -0.3 is 10.0 Å². The maximum Gasteiger partial charge on any atom is 0.303 e. The SMILES string of the molecule is C=CC(=O)N(C)CCCCCCCCCCC(=O)O. The summed E-state index contributed by atoms with van der Waals surface area (Å²) in [7, 11) is 1.80. The van der Waals surface area contributed by atoms with E-state index in [1.165, 1.54) is 25.3 Å². The molecule has 0 atom stereocenters. The van der Waals surface area contributed by atoms with Crippen molar-refractivity contribution in [2.24, 2.45) is 0 Å². The van der Waals surface area contributed by atoms with Gasteiger partial charge in [-0.25, -0.2) is 0 Å². The van der Waals surface area contributed by atoms with Crippen LogP contribution in [0.1, 0.15) is 57.8 Å². The zero-order valence-electron chi connectivity index (χ0n) is 12.1. The second kappa shape index (κ2) is 11.8. The molecule has 4 heteroatoms. The first-order valence-electron chi connectivity index (χ1n) is 7.17. The molecule has 0 saturated heterocycles. The molecule has 0 aromatic heterocycles. The summed E-state index contributed by atoms with van der Waals surface area (Å²) in [5, 5.41) is 8.48. The largest absolute Gasteiger partial charge is 0.481 e. The van der Waals surface area contributed by atoms with E-state index in [1.54, 1.807) is 11.9 Å². The number of nitrogens with zero attached hydrogens (tertiary/aromatic N) is 1. The third kappa shape index (κ3) is 11.5. The molecule has 0 aromatic rings. The fourth-order valence-electron chi connectivity index (χ4n) is 1.95. The number of carboxylic acids is 1. The Morgan fingerprint density at radius 1 is 1.00 bits per heavy atom. The van der Waals surface area contributed by atoms with Crippen molar-refractivity contribution >= 4 is 11.9 Å². The maximum absolute atomic E-state index is 11.2. The lowest BCUT2D eigenvalue weighted by Gasteiger charge is -2.14. The molecule has 1 N–H and O–H groups in total. The van der Waals surface area contributed by atoms with Gasteiger partial charge in [0.05, 0.1) is 0 Å². The van der Waals surface area contributed by atoms with Gasteiger partial charge in [-0.1, -0.05) is 45.1 Å². The summed E-state index contributed by atoms with van der Waals surface area (Å²) in [5.74, 6) is -0.711. The molecule has 1 amide bonds. The monoisotopic (exact) mass is 269 g/mol. The number of aliphatic carboxylic acids is 1. The van der Waals surface area contributed by atoms with Crippen LogP contribution in [-0.2, 0) is 9.59 Å². The smallest absolute Gasteiger partial charge is 0.303 e. The van der Waals surface area contributed by atoms with Gasteiger partial charge in [0.15, 0.2) is 0 Å². The number of hydrogen-bond acceptors (Lipinski definition) is 2. The minimum absolute atomic E-state index is 0.0153. The van der Waals surface area contributed by atoms with Crippen LogP contribution in [-0.4, -0.2) is 35.5 Å². The van der Waals surface area contributed by atoms with E-state index < -0.39 is 5.97 Å². The summed E-state index contributed by atoms with van der Waals surface area (Å²) in [6.07, 6.45) is 10.3. The van der Waals surface area contributed by atoms with Gasteiger partial charge in [0.25, 0.3) is 0 Å². The summed E-state index contributed by atoms with van der Waals surface area (Å²) in [6.45, 7) is 4.25. The normalized spacial score (nSPS) is 10.2. The number of unbranched alkanes of at least 4 members (excludes halogenated alkanes) is 7. The zero-order chi connectivity index (χ0) is 14.5. The van der Waals surface area contributed by atoms with Gasteiger partial charge in [-0.3, -0.25) is 9.59 Å².